The fraction of sp³-hybridized carbons (Fsp3) is 1.00. The third-order valence-corrected chi connectivity index (χ3v) is 5.11. The highest BCUT2D eigenvalue weighted by molar-refractivity contribution is 4.83. The van der Waals surface area contributed by atoms with Gasteiger partial charge in [-0.3, -0.25) is 0 Å². The van der Waals surface area contributed by atoms with Crippen LogP contribution >= 0.6 is 0 Å². The van der Waals surface area contributed by atoms with E-state index in [0.29, 0.717) is 12.0 Å². The molecule has 3 heteroatoms. The predicted molar refractivity (Wildman–Crippen MR) is 78.2 cm³/mol. The van der Waals surface area contributed by atoms with Gasteiger partial charge in [-0.2, -0.15) is 0 Å². The van der Waals surface area contributed by atoms with E-state index in [-0.39, 0.29) is 6.10 Å². The van der Waals surface area contributed by atoms with E-state index in [2.05, 4.69) is 11.8 Å². The smallest absolute Gasteiger partial charge is 0.0595 e. The van der Waals surface area contributed by atoms with Crippen LogP contribution in [0.2, 0.25) is 0 Å². The molecule has 2 aliphatic rings. The Morgan fingerprint density at radius 2 is 1.89 bits per heavy atom. The Bertz CT molecular complexity index is 251. The van der Waals surface area contributed by atoms with Crippen LogP contribution in [0, 0.1) is 11.8 Å². The molecule has 0 radical (unpaired) electrons. The molecule has 0 aromatic rings. The number of ether oxygens (including phenoxy) is 1. The van der Waals surface area contributed by atoms with Gasteiger partial charge < -0.3 is 14.7 Å². The molecule has 2 fully saturated rings. The van der Waals surface area contributed by atoms with Crippen molar-refractivity contribution < 1.29 is 9.84 Å². The summed E-state index contributed by atoms with van der Waals surface area (Å²) in [5.74, 6) is 1.36. The summed E-state index contributed by atoms with van der Waals surface area (Å²) in [6.07, 6.45) is 8.81. The summed E-state index contributed by atoms with van der Waals surface area (Å²) in [5.41, 5.74) is 0. The summed E-state index contributed by atoms with van der Waals surface area (Å²) in [6, 6.07) is 0. The lowest BCUT2D eigenvalue weighted by Gasteiger charge is -2.39. The first-order valence-corrected chi connectivity index (χ1v) is 8.16. The fourth-order valence-corrected chi connectivity index (χ4v) is 3.87. The van der Waals surface area contributed by atoms with Crippen molar-refractivity contribution in [3.63, 3.8) is 0 Å². The summed E-state index contributed by atoms with van der Waals surface area (Å²) >= 11 is 0. The second kappa shape index (κ2) is 7.61. The number of methoxy groups -OCH3 is 1. The molecule has 0 aromatic carbocycles. The van der Waals surface area contributed by atoms with E-state index in [4.69, 9.17) is 4.74 Å². The lowest BCUT2D eigenvalue weighted by molar-refractivity contribution is 0.00117. The lowest BCUT2D eigenvalue weighted by Crippen LogP contribution is -2.43. The van der Waals surface area contributed by atoms with Gasteiger partial charge in [0.25, 0.3) is 0 Å². The molecule has 3 nitrogen and oxygen atoms in total. The molecule has 0 amide bonds. The number of nitrogens with zero attached hydrogens (tertiary/aromatic N) is 1. The molecule has 1 aliphatic heterocycles. The summed E-state index contributed by atoms with van der Waals surface area (Å²) in [4.78, 5) is 2.54. The second-order valence-corrected chi connectivity index (χ2v) is 6.53. The van der Waals surface area contributed by atoms with E-state index in [1.807, 2.05) is 7.11 Å². The molecule has 1 saturated carbocycles. The number of piperidine rings is 1. The Hall–Kier alpha value is -0.120. The molecular weight excluding hydrogens is 238 g/mol. The first-order chi connectivity index (χ1) is 9.22. The number of aliphatic hydroxyl groups excluding tert-OH is 1. The van der Waals surface area contributed by atoms with Gasteiger partial charge in [0.05, 0.1) is 12.2 Å². The number of likely N-dealkylation sites (tertiary alicyclic amines) is 1. The van der Waals surface area contributed by atoms with E-state index in [0.717, 1.165) is 44.8 Å². The van der Waals surface area contributed by atoms with Crippen LogP contribution in [0.15, 0.2) is 0 Å². The van der Waals surface area contributed by atoms with Crippen molar-refractivity contribution in [1.82, 2.24) is 4.90 Å². The van der Waals surface area contributed by atoms with Crippen LogP contribution in [0.5, 0.6) is 0 Å². The molecule has 19 heavy (non-hydrogen) atoms. The van der Waals surface area contributed by atoms with E-state index < -0.39 is 0 Å². The molecule has 3 atom stereocenters. The monoisotopic (exact) mass is 269 g/mol. The minimum Gasteiger partial charge on any atom is -0.393 e. The summed E-state index contributed by atoms with van der Waals surface area (Å²) in [5, 5.41) is 10.2. The minimum absolute atomic E-state index is 0.0618. The van der Waals surface area contributed by atoms with Crippen LogP contribution in [0.3, 0.4) is 0 Å². The van der Waals surface area contributed by atoms with Gasteiger partial charge in [-0.1, -0.05) is 19.8 Å². The molecule has 0 aromatic heterocycles. The Kier molecular flexibility index (Phi) is 6.11. The molecule has 112 valence electrons. The van der Waals surface area contributed by atoms with Crippen LogP contribution in [0.4, 0.5) is 0 Å². The van der Waals surface area contributed by atoms with E-state index in [9.17, 15) is 5.11 Å². The largest absolute Gasteiger partial charge is 0.393 e. The van der Waals surface area contributed by atoms with Crippen molar-refractivity contribution in [2.24, 2.45) is 11.8 Å². The molecule has 2 rings (SSSR count). The first-order valence-electron chi connectivity index (χ1n) is 8.16. The van der Waals surface area contributed by atoms with Crippen LogP contribution in [-0.4, -0.2) is 49.0 Å². The Morgan fingerprint density at radius 1 is 1.16 bits per heavy atom. The quantitative estimate of drug-likeness (QED) is 0.833. The topological polar surface area (TPSA) is 32.7 Å². The SMILES string of the molecule is CCCC1CCC(O)C(CN2CCC(OC)CC2)C1. The van der Waals surface area contributed by atoms with Gasteiger partial charge >= 0.3 is 0 Å². The van der Waals surface area contributed by atoms with Gasteiger partial charge in [-0.15, -0.1) is 0 Å². The molecular formula is C16H31NO2. The van der Waals surface area contributed by atoms with E-state index in [1.165, 1.54) is 25.7 Å². The number of rotatable bonds is 5. The van der Waals surface area contributed by atoms with E-state index in [1.54, 1.807) is 0 Å². The maximum atomic E-state index is 10.2. The summed E-state index contributed by atoms with van der Waals surface area (Å²) in [7, 11) is 1.82. The Morgan fingerprint density at radius 3 is 2.53 bits per heavy atom. The normalized spacial score (nSPS) is 34.6. The van der Waals surface area contributed by atoms with Gasteiger partial charge in [-0.25, -0.2) is 0 Å². The molecule has 0 spiro atoms. The molecule has 1 aliphatic carbocycles. The standard InChI is InChI=1S/C16H31NO2/c1-3-4-13-5-6-16(18)14(11-13)12-17-9-7-15(19-2)8-10-17/h13-16,18H,3-12H2,1-2H3. The van der Waals surface area contributed by atoms with Gasteiger partial charge in [0, 0.05) is 26.7 Å². The Balaban J connectivity index is 1.77. The maximum Gasteiger partial charge on any atom is 0.0595 e. The molecule has 1 N–H and O–H groups in total. The lowest BCUT2D eigenvalue weighted by atomic mass is 9.77. The average molecular weight is 269 g/mol. The second-order valence-electron chi connectivity index (χ2n) is 6.53. The summed E-state index contributed by atoms with van der Waals surface area (Å²) < 4.78 is 5.42. The Labute approximate surface area is 118 Å². The van der Waals surface area contributed by atoms with Crippen LogP contribution in [-0.2, 0) is 4.74 Å². The first kappa shape index (κ1) is 15.3. The van der Waals surface area contributed by atoms with Crippen molar-refractivity contribution in [3.05, 3.63) is 0 Å². The van der Waals surface area contributed by atoms with Gasteiger partial charge in [0.2, 0.25) is 0 Å². The third kappa shape index (κ3) is 4.44. The highest BCUT2D eigenvalue weighted by Crippen LogP contribution is 2.33. The number of aliphatic hydroxyl groups is 1. The third-order valence-electron chi connectivity index (χ3n) is 5.11. The van der Waals surface area contributed by atoms with Crippen molar-refractivity contribution in [1.29, 1.82) is 0 Å². The zero-order valence-corrected chi connectivity index (χ0v) is 12.7. The molecule has 1 saturated heterocycles. The average Bonchev–Trinajstić information content (AvgIpc) is 2.44. The van der Waals surface area contributed by atoms with Crippen molar-refractivity contribution in [2.75, 3.05) is 26.7 Å². The predicted octanol–water partition coefficient (Wildman–Crippen LogP) is 2.67. The fourth-order valence-electron chi connectivity index (χ4n) is 3.87. The zero-order valence-electron chi connectivity index (χ0n) is 12.7. The molecule has 1 heterocycles. The number of hydrogen-bond acceptors (Lipinski definition) is 3. The van der Waals surface area contributed by atoms with Crippen molar-refractivity contribution >= 4 is 0 Å². The van der Waals surface area contributed by atoms with Crippen molar-refractivity contribution in [3.8, 4) is 0 Å². The summed E-state index contributed by atoms with van der Waals surface area (Å²) in [6.45, 7) is 5.65. The highest BCUT2D eigenvalue weighted by Gasteiger charge is 2.31. The zero-order chi connectivity index (χ0) is 13.7. The van der Waals surface area contributed by atoms with Crippen molar-refractivity contribution in [2.45, 2.75) is 64.1 Å². The molecule has 3 unspecified atom stereocenters. The highest BCUT2D eigenvalue weighted by atomic mass is 16.5. The van der Waals surface area contributed by atoms with Gasteiger partial charge in [0.1, 0.15) is 0 Å². The van der Waals surface area contributed by atoms with Gasteiger partial charge in [0.15, 0.2) is 0 Å². The van der Waals surface area contributed by atoms with Crippen LogP contribution in [0.1, 0.15) is 51.9 Å². The van der Waals surface area contributed by atoms with Crippen LogP contribution in [0.25, 0.3) is 0 Å². The van der Waals surface area contributed by atoms with Gasteiger partial charge in [-0.05, 0) is 43.9 Å². The van der Waals surface area contributed by atoms with Crippen LogP contribution < -0.4 is 0 Å². The number of hydrogen-bond donors (Lipinski definition) is 1. The maximum absolute atomic E-state index is 10.2. The molecule has 0 bridgehead atoms. The van der Waals surface area contributed by atoms with E-state index >= 15 is 0 Å². The minimum atomic E-state index is -0.0618.